The average molecular weight is 561 g/mol. The molecular formula is C37H40N2O3. The first-order valence-electron chi connectivity index (χ1n) is 15.4. The van der Waals surface area contributed by atoms with Gasteiger partial charge in [-0.25, -0.2) is 4.79 Å². The third-order valence-electron chi connectivity index (χ3n) is 8.46. The summed E-state index contributed by atoms with van der Waals surface area (Å²) in [5.41, 5.74) is 10.2. The fraction of sp³-hybridized carbons (Fsp3) is 0.324. The van der Waals surface area contributed by atoms with Crippen molar-refractivity contribution in [3.63, 3.8) is 0 Å². The Balaban J connectivity index is 1.04. The molecule has 5 heteroatoms. The van der Waals surface area contributed by atoms with E-state index in [4.69, 9.17) is 9.47 Å². The summed E-state index contributed by atoms with van der Waals surface area (Å²) in [5.74, 6) is 1.05. The smallest absolute Gasteiger partial charge is 0.395 e. The van der Waals surface area contributed by atoms with E-state index in [9.17, 15) is 4.79 Å². The second-order valence-electron chi connectivity index (χ2n) is 11.5. The monoisotopic (exact) mass is 560 g/mol. The highest BCUT2D eigenvalue weighted by Crippen LogP contribution is 2.30. The number of hydrogen-bond donors (Lipinski definition) is 0. The Bertz CT molecular complexity index is 1410. The van der Waals surface area contributed by atoms with Crippen molar-refractivity contribution >= 4 is 17.5 Å². The largest absolute Gasteiger partial charge is 0.519 e. The molecule has 42 heavy (non-hydrogen) atoms. The van der Waals surface area contributed by atoms with Crippen molar-refractivity contribution in [3.05, 3.63) is 118 Å². The summed E-state index contributed by atoms with van der Waals surface area (Å²) in [4.78, 5) is 17.5. The number of anilines is 2. The molecule has 0 N–H and O–H groups in total. The Kier molecular flexibility index (Phi) is 8.45. The van der Waals surface area contributed by atoms with E-state index in [1.54, 1.807) is 0 Å². The van der Waals surface area contributed by atoms with Gasteiger partial charge in [-0.2, -0.15) is 0 Å². The van der Waals surface area contributed by atoms with Gasteiger partial charge >= 0.3 is 6.16 Å². The molecule has 0 bridgehead atoms. The van der Waals surface area contributed by atoms with Crippen molar-refractivity contribution in [1.82, 2.24) is 0 Å². The lowest BCUT2D eigenvalue weighted by Gasteiger charge is -2.31. The van der Waals surface area contributed by atoms with Crippen molar-refractivity contribution in [1.29, 1.82) is 0 Å². The number of benzene rings is 4. The van der Waals surface area contributed by atoms with Gasteiger partial charge in [0.2, 0.25) is 0 Å². The predicted molar refractivity (Wildman–Crippen MR) is 170 cm³/mol. The van der Waals surface area contributed by atoms with Crippen molar-refractivity contribution in [2.24, 2.45) is 0 Å². The Hall–Kier alpha value is -4.25. The zero-order valence-corrected chi connectivity index (χ0v) is 24.8. The maximum absolute atomic E-state index is 12.7. The molecule has 2 heterocycles. The van der Waals surface area contributed by atoms with Gasteiger partial charge in [-0.05, 0) is 108 Å². The second-order valence-corrected chi connectivity index (χ2v) is 11.5. The van der Waals surface area contributed by atoms with Crippen LogP contribution in [-0.2, 0) is 38.8 Å². The molecule has 0 amide bonds. The van der Waals surface area contributed by atoms with Gasteiger partial charge in [0, 0.05) is 37.6 Å². The van der Waals surface area contributed by atoms with Gasteiger partial charge in [0.1, 0.15) is 11.5 Å². The molecule has 0 fully saturated rings. The fourth-order valence-corrected chi connectivity index (χ4v) is 6.16. The molecule has 0 radical (unpaired) electrons. The van der Waals surface area contributed by atoms with Crippen molar-refractivity contribution in [2.45, 2.75) is 65.5 Å². The molecule has 0 saturated carbocycles. The summed E-state index contributed by atoms with van der Waals surface area (Å²) in [6.45, 7) is 7.99. The molecule has 0 aromatic heterocycles. The van der Waals surface area contributed by atoms with Crippen LogP contribution in [0.4, 0.5) is 16.2 Å². The van der Waals surface area contributed by atoms with E-state index in [0.717, 1.165) is 64.7 Å². The number of nitrogens with zero attached hydrogens (tertiary/aromatic N) is 2. The number of aryl methyl sites for hydroxylation is 2. The first kappa shape index (κ1) is 27.9. The van der Waals surface area contributed by atoms with E-state index >= 15 is 0 Å². The predicted octanol–water partition coefficient (Wildman–Crippen LogP) is 8.29. The van der Waals surface area contributed by atoms with Crippen LogP contribution in [0.15, 0.2) is 84.9 Å². The molecule has 6 rings (SSSR count). The summed E-state index contributed by atoms with van der Waals surface area (Å²) in [5, 5.41) is 0. The first-order chi connectivity index (χ1) is 20.6. The summed E-state index contributed by atoms with van der Waals surface area (Å²) >= 11 is 0. The van der Waals surface area contributed by atoms with Gasteiger partial charge in [-0.3, -0.25) is 0 Å². The summed E-state index contributed by atoms with van der Waals surface area (Å²) in [6.07, 6.45) is 5.67. The minimum atomic E-state index is -0.705. The molecule has 4 aromatic rings. The highest BCUT2D eigenvalue weighted by atomic mass is 16.7. The average Bonchev–Trinajstić information content (AvgIpc) is 3.01. The van der Waals surface area contributed by atoms with E-state index in [2.05, 4.69) is 84.3 Å². The van der Waals surface area contributed by atoms with E-state index in [1.807, 2.05) is 24.3 Å². The van der Waals surface area contributed by atoms with Gasteiger partial charge < -0.3 is 19.3 Å². The first-order valence-corrected chi connectivity index (χ1v) is 15.4. The van der Waals surface area contributed by atoms with Crippen LogP contribution in [0.25, 0.3) is 0 Å². The maximum Gasteiger partial charge on any atom is 0.519 e. The Morgan fingerprint density at radius 1 is 0.595 bits per heavy atom. The van der Waals surface area contributed by atoms with Crippen LogP contribution >= 0.6 is 0 Å². The molecule has 216 valence electrons. The lowest BCUT2D eigenvalue weighted by atomic mass is 9.98. The third-order valence-corrected chi connectivity index (χ3v) is 8.46. The number of rotatable bonds is 8. The van der Waals surface area contributed by atoms with Gasteiger partial charge in [-0.1, -0.05) is 63.1 Å². The number of carbonyl (C=O) groups excluding carboxylic acids is 1. The van der Waals surface area contributed by atoms with Crippen LogP contribution < -0.4 is 19.3 Å². The van der Waals surface area contributed by atoms with Gasteiger partial charge in [0.25, 0.3) is 0 Å². The molecule has 5 nitrogen and oxygen atoms in total. The molecule has 2 aliphatic rings. The highest BCUT2D eigenvalue weighted by molar-refractivity contribution is 5.67. The zero-order chi connectivity index (χ0) is 28.9. The lowest BCUT2D eigenvalue weighted by molar-refractivity contribution is 0.152. The quantitative estimate of drug-likeness (QED) is 0.160. The SMILES string of the molecule is CCCc1ccc(N2CCc3cc(OC(=O)Oc4ccc5c(c4)CCN(c4ccc(CCC)cc4)C5)ccc3C2)cc1. The second kappa shape index (κ2) is 12.7. The number of hydrogen-bond acceptors (Lipinski definition) is 5. The number of fused-ring (bicyclic) bond motifs is 2. The highest BCUT2D eigenvalue weighted by Gasteiger charge is 2.20. The summed E-state index contributed by atoms with van der Waals surface area (Å²) < 4.78 is 11.2. The molecule has 0 saturated heterocycles. The standard InChI is InChI=1S/C37H40N2O3/c1-3-5-27-7-13-33(14-8-27)38-21-19-29-23-35(17-11-31(29)25-38)41-37(40)42-36-18-12-32-26-39(22-20-30(32)24-36)34-15-9-28(6-4-2)10-16-34/h7-18,23-24H,3-6,19-22,25-26H2,1-2H3. The summed E-state index contributed by atoms with van der Waals surface area (Å²) in [6, 6.07) is 29.7. The van der Waals surface area contributed by atoms with Crippen LogP contribution in [0.3, 0.4) is 0 Å². The van der Waals surface area contributed by atoms with Gasteiger partial charge in [0.05, 0.1) is 0 Å². The van der Waals surface area contributed by atoms with Crippen LogP contribution in [0, 0.1) is 0 Å². The fourth-order valence-electron chi connectivity index (χ4n) is 6.16. The van der Waals surface area contributed by atoms with Crippen LogP contribution in [0.1, 0.15) is 60.1 Å². The van der Waals surface area contributed by atoms with E-state index < -0.39 is 6.16 Å². The van der Waals surface area contributed by atoms with Crippen LogP contribution in [0.2, 0.25) is 0 Å². The topological polar surface area (TPSA) is 42.0 Å². The molecule has 0 atom stereocenters. The number of carbonyl (C=O) groups is 1. The van der Waals surface area contributed by atoms with Crippen LogP contribution in [0.5, 0.6) is 11.5 Å². The summed E-state index contributed by atoms with van der Waals surface area (Å²) in [7, 11) is 0. The van der Waals surface area contributed by atoms with Crippen LogP contribution in [-0.4, -0.2) is 19.2 Å². The Labute approximate surface area is 249 Å². The van der Waals surface area contributed by atoms with Crippen molar-refractivity contribution in [2.75, 3.05) is 22.9 Å². The van der Waals surface area contributed by atoms with E-state index in [0.29, 0.717) is 11.5 Å². The van der Waals surface area contributed by atoms with E-state index in [-0.39, 0.29) is 0 Å². The van der Waals surface area contributed by atoms with Crippen molar-refractivity contribution in [3.8, 4) is 11.5 Å². The van der Waals surface area contributed by atoms with E-state index in [1.165, 1.54) is 44.8 Å². The molecule has 0 spiro atoms. The molecule has 2 aliphatic heterocycles. The van der Waals surface area contributed by atoms with Gasteiger partial charge in [0.15, 0.2) is 0 Å². The third kappa shape index (κ3) is 6.46. The zero-order valence-electron chi connectivity index (χ0n) is 24.8. The minimum absolute atomic E-state index is 0.523. The molecule has 0 aliphatic carbocycles. The lowest BCUT2D eigenvalue weighted by Crippen LogP contribution is -2.30. The minimum Gasteiger partial charge on any atom is -0.395 e. The normalized spacial score (nSPS) is 14.2. The molecule has 0 unspecified atom stereocenters. The number of ether oxygens (including phenoxy) is 2. The Morgan fingerprint density at radius 2 is 1.02 bits per heavy atom. The maximum atomic E-state index is 12.7. The Morgan fingerprint density at radius 3 is 1.43 bits per heavy atom. The van der Waals surface area contributed by atoms with Gasteiger partial charge in [-0.15, -0.1) is 0 Å². The molecular weight excluding hydrogens is 520 g/mol. The molecule has 4 aromatic carbocycles. The van der Waals surface area contributed by atoms with Crippen molar-refractivity contribution < 1.29 is 14.3 Å².